The van der Waals surface area contributed by atoms with Crippen LogP contribution in [0, 0.1) is 0 Å². The van der Waals surface area contributed by atoms with Gasteiger partial charge in [0.1, 0.15) is 0 Å². The Morgan fingerprint density at radius 1 is 0.933 bits per heavy atom. The highest BCUT2D eigenvalue weighted by molar-refractivity contribution is 5.88. The van der Waals surface area contributed by atoms with E-state index in [-0.39, 0.29) is 5.78 Å². The molecule has 0 aromatic rings. The van der Waals surface area contributed by atoms with E-state index in [1.807, 2.05) is 0 Å². The molecule has 0 radical (unpaired) electrons. The van der Waals surface area contributed by atoms with Crippen LogP contribution in [0.3, 0.4) is 0 Å². The average molecular weight is 211 g/mol. The van der Waals surface area contributed by atoms with Crippen molar-refractivity contribution in [2.24, 2.45) is 5.73 Å². The van der Waals surface area contributed by atoms with Crippen LogP contribution in [0.25, 0.3) is 0 Å². The van der Waals surface area contributed by atoms with Gasteiger partial charge in [-0.15, -0.1) is 0 Å². The molecule has 0 aliphatic heterocycles. The van der Waals surface area contributed by atoms with Crippen molar-refractivity contribution in [1.29, 1.82) is 0 Å². The number of allylic oxidation sites excluding steroid dienone is 1. The minimum Gasteiger partial charge on any atom is -0.330 e. The van der Waals surface area contributed by atoms with Crippen molar-refractivity contribution in [3.05, 3.63) is 12.7 Å². The first-order valence-corrected chi connectivity index (χ1v) is 6.16. The predicted molar refractivity (Wildman–Crippen MR) is 65.8 cm³/mol. The normalized spacial score (nSPS) is 10.2. The molecule has 0 aromatic heterocycles. The van der Waals surface area contributed by atoms with Crippen LogP contribution in [0.5, 0.6) is 0 Å². The molecule has 0 spiro atoms. The molecule has 0 unspecified atom stereocenters. The van der Waals surface area contributed by atoms with E-state index in [0.717, 1.165) is 19.4 Å². The number of ketones is 1. The fourth-order valence-corrected chi connectivity index (χ4v) is 1.61. The van der Waals surface area contributed by atoms with Gasteiger partial charge in [-0.3, -0.25) is 4.79 Å². The van der Waals surface area contributed by atoms with Crippen molar-refractivity contribution in [3.63, 3.8) is 0 Å². The quantitative estimate of drug-likeness (QED) is 0.421. The number of carbonyl (C=O) groups excluding carboxylic acids is 1. The Bertz CT molecular complexity index is 166. The van der Waals surface area contributed by atoms with E-state index in [4.69, 9.17) is 5.73 Å². The Hall–Kier alpha value is -0.630. The van der Waals surface area contributed by atoms with E-state index in [9.17, 15) is 4.79 Å². The predicted octanol–water partition coefficient (Wildman–Crippen LogP) is 3.21. The summed E-state index contributed by atoms with van der Waals surface area (Å²) in [7, 11) is 0. The molecule has 0 aliphatic carbocycles. The molecule has 2 heteroatoms. The van der Waals surface area contributed by atoms with E-state index < -0.39 is 0 Å². The zero-order valence-corrected chi connectivity index (χ0v) is 9.84. The van der Waals surface area contributed by atoms with Crippen LogP contribution in [-0.4, -0.2) is 12.3 Å². The molecule has 0 bridgehead atoms. The summed E-state index contributed by atoms with van der Waals surface area (Å²) in [5.74, 6) is 0.179. The summed E-state index contributed by atoms with van der Waals surface area (Å²) >= 11 is 0. The van der Waals surface area contributed by atoms with Gasteiger partial charge < -0.3 is 5.73 Å². The third-order valence-electron chi connectivity index (χ3n) is 2.60. The van der Waals surface area contributed by atoms with Gasteiger partial charge in [-0.1, -0.05) is 45.1 Å². The van der Waals surface area contributed by atoms with Gasteiger partial charge in [-0.05, 0) is 25.5 Å². The van der Waals surface area contributed by atoms with Crippen LogP contribution in [0.2, 0.25) is 0 Å². The second-order valence-electron chi connectivity index (χ2n) is 4.04. The van der Waals surface area contributed by atoms with E-state index in [1.165, 1.54) is 44.6 Å². The summed E-state index contributed by atoms with van der Waals surface area (Å²) in [6, 6.07) is 0. The number of rotatable bonds is 11. The topological polar surface area (TPSA) is 43.1 Å². The molecule has 0 aliphatic rings. The molecular weight excluding hydrogens is 186 g/mol. The summed E-state index contributed by atoms with van der Waals surface area (Å²) in [4.78, 5) is 10.9. The van der Waals surface area contributed by atoms with Crippen molar-refractivity contribution < 1.29 is 4.79 Å². The molecular formula is C13H25NO. The van der Waals surface area contributed by atoms with Crippen molar-refractivity contribution in [2.75, 3.05) is 6.54 Å². The van der Waals surface area contributed by atoms with Crippen LogP contribution in [-0.2, 0) is 4.79 Å². The van der Waals surface area contributed by atoms with Gasteiger partial charge in [0, 0.05) is 6.42 Å². The highest BCUT2D eigenvalue weighted by Crippen LogP contribution is 2.09. The molecule has 0 fully saturated rings. The van der Waals surface area contributed by atoms with Crippen molar-refractivity contribution in [3.8, 4) is 0 Å². The largest absolute Gasteiger partial charge is 0.330 e. The second kappa shape index (κ2) is 11.4. The summed E-state index contributed by atoms with van der Waals surface area (Å²) < 4.78 is 0. The number of carbonyl (C=O) groups is 1. The minimum atomic E-state index is 0.179. The zero-order valence-electron chi connectivity index (χ0n) is 9.84. The first kappa shape index (κ1) is 14.4. The molecule has 0 amide bonds. The van der Waals surface area contributed by atoms with Crippen LogP contribution < -0.4 is 5.73 Å². The Balaban J connectivity index is 2.98. The second-order valence-corrected chi connectivity index (χ2v) is 4.04. The highest BCUT2D eigenvalue weighted by Gasteiger charge is 1.95. The van der Waals surface area contributed by atoms with E-state index in [0.29, 0.717) is 6.42 Å². The Labute approximate surface area is 93.9 Å². The lowest BCUT2D eigenvalue weighted by molar-refractivity contribution is -0.114. The van der Waals surface area contributed by atoms with Crippen LogP contribution >= 0.6 is 0 Å². The van der Waals surface area contributed by atoms with E-state index in [2.05, 4.69) is 6.58 Å². The fourth-order valence-electron chi connectivity index (χ4n) is 1.61. The van der Waals surface area contributed by atoms with Crippen molar-refractivity contribution >= 4 is 5.78 Å². The van der Waals surface area contributed by atoms with Crippen LogP contribution in [0.1, 0.15) is 57.8 Å². The number of nitrogens with two attached hydrogens (primary N) is 1. The van der Waals surface area contributed by atoms with Gasteiger partial charge in [-0.2, -0.15) is 0 Å². The lowest BCUT2D eigenvalue weighted by Crippen LogP contribution is -1.97. The zero-order chi connectivity index (χ0) is 11.4. The first-order chi connectivity index (χ1) is 7.31. The van der Waals surface area contributed by atoms with Gasteiger partial charge in [-0.25, -0.2) is 0 Å². The Kier molecular flexibility index (Phi) is 11.0. The van der Waals surface area contributed by atoms with Gasteiger partial charge in [0.25, 0.3) is 0 Å². The molecule has 88 valence electrons. The third kappa shape index (κ3) is 11.3. The maximum absolute atomic E-state index is 10.9. The lowest BCUT2D eigenvalue weighted by atomic mass is 10.1. The molecule has 0 heterocycles. The highest BCUT2D eigenvalue weighted by atomic mass is 16.1. The fraction of sp³-hybridized carbons (Fsp3) is 0.769. The number of unbranched alkanes of at least 4 members (excludes halogenated alkanes) is 7. The molecule has 0 aromatic carbocycles. The van der Waals surface area contributed by atoms with Gasteiger partial charge >= 0.3 is 0 Å². The average Bonchev–Trinajstić information content (AvgIpc) is 2.26. The molecule has 2 nitrogen and oxygen atoms in total. The summed E-state index contributed by atoms with van der Waals surface area (Å²) in [6.07, 6.45) is 11.9. The Morgan fingerprint density at radius 2 is 1.40 bits per heavy atom. The van der Waals surface area contributed by atoms with Gasteiger partial charge in [0.05, 0.1) is 0 Å². The molecule has 0 saturated carbocycles. The van der Waals surface area contributed by atoms with Crippen LogP contribution in [0.15, 0.2) is 12.7 Å². The van der Waals surface area contributed by atoms with Gasteiger partial charge in [0.15, 0.2) is 5.78 Å². The molecule has 0 saturated heterocycles. The smallest absolute Gasteiger partial charge is 0.155 e. The minimum absolute atomic E-state index is 0.179. The molecule has 2 N–H and O–H groups in total. The maximum Gasteiger partial charge on any atom is 0.155 e. The SMILES string of the molecule is C=CC(=O)CCCCCCCCCCN. The van der Waals surface area contributed by atoms with Gasteiger partial charge in [0.2, 0.25) is 0 Å². The van der Waals surface area contributed by atoms with Crippen molar-refractivity contribution in [2.45, 2.75) is 57.8 Å². The molecule has 15 heavy (non-hydrogen) atoms. The summed E-state index contributed by atoms with van der Waals surface area (Å²) in [5.41, 5.74) is 5.41. The standard InChI is InChI=1S/C13H25NO/c1-2-13(15)11-9-7-5-3-4-6-8-10-12-14/h2H,1,3-12,14H2. The lowest BCUT2D eigenvalue weighted by Gasteiger charge is -2.00. The molecule has 0 atom stereocenters. The first-order valence-electron chi connectivity index (χ1n) is 6.16. The monoisotopic (exact) mass is 211 g/mol. The van der Waals surface area contributed by atoms with Crippen molar-refractivity contribution in [1.82, 2.24) is 0 Å². The number of hydrogen-bond acceptors (Lipinski definition) is 2. The summed E-state index contributed by atoms with van der Waals surface area (Å²) in [5, 5.41) is 0. The Morgan fingerprint density at radius 3 is 1.87 bits per heavy atom. The number of hydrogen-bond donors (Lipinski definition) is 1. The maximum atomic E-state index is 10.9. The summed E-state index contributed by atoms with van der Waals surface area (Å²) in [6.45, 7) is 4.28. The van der Waals surface area contributed by atoms with E-state index >= 15 is 0 Å². The molecule has 0 rings (SSSR count). The van der Waals surface area contributed by atoms with E-state index in [1.54, 1.807) is 0 Å². The third-order valence-corrected chi connectivity index (χ3v) is 2.60. The van der Waals surface area contributed by atoms with Crippen LogP contribution in [0.4, 0.5) is 0 Å².